The van der Waals surface area contributed by atoms with Gasteiger partial charge in [-0.05, 0) is 26.0 Å². The first-order chi connectivity index (χ1) is 15.3. The minimum Gasteiger partial charge on any atom is -0.505 e. The predicted octanol–water partition coefficient (Wildman–Crippen LogP) is 3.48. The molecule has 0 saturated heterocycles. The molecule has 1 unspecified atom stereocenters. The third-order valence-electron chi connectivity index (χ3n) is 4.78. The number of aryl methyl sites for hydroxylation is 2. The molecule has 1 atom stereocenters. The number of aromatic hydroxyl groups is 1. The first kappa shape index (κ1) is 22.7. The van der Waals surface area contributed by atoms with Gasteiger partial charge in [-0.25, -0.2) is 4.79 Å². The summed E-state index contributed by atoms with van der Waals surface area (Å²) in [5.74, 6) is 0.0645. The van der Waals surface area contributed by atoms with Crippen molar-refractivity contribution in [1.29, 1.82) is 0 Å². The smallest absolute Gasteiger partial charge is 0.320 e. The molecule has 0 aliphatic heterocycles. The van der Waals surface area contributed by atoms with Crippen molar-refractivity contribution in [3.8, 4) is 17.1 Å². The van der Waals surface area contributed by atoms with Gasteiger partial charge >= 0.3 is 12.0 Å². The Hall–Kier alpha value is -4.01. The summed E-state index contributed by atoms with van der Waals surface area (Å²) in [4.78, 5) is 37.1. The van der Waals surface area contributed by atoms with Crippen LogP contribution in [0.2, 0.25) is 0 Å². The van der Waals surface area contributed by atoms with Crippen molar-refractivity contribution in [3.63, 3.8) is 0 Å². The number of benzene rings is 1. The summed E-state index contributed by atoms with van der Waals surface area (Å²) < 4.78 is 12.1. The van der Waals surface area contributed by atoms with Crippen molar-refractivity contribution < 1.29 is 23.8 Å². The Labute approximate surface area is 184 Å². The fourth-order valence-electron chi connectivity index (χ4n) is 3.21. The number of carbonyl (C=O) groups is 2. The lowest BCUT2D eigenvalue weighted by Gasteiger charge is -2.17. The van der Waals surface area contributed by atoms with Crippen molar-refractivity contribution >= 4 is 17.7 Å². The molecule has 9 nitrogen and oxygen atoms in total. The SMILES string of the molecule is CCOC(=O)CC(NC(=O)Nc1c(O)c(C)cn(C)c1=O)c1ccc(-c2ccccc2)o1. The van der Waals surface area contributed by atoms with Crippen molar-refractivity contribution in [2.24, 2.45) is 7.05 Å². The molecule has 0 spiro atoms. The molecule has 0 aliphatic rings. The van der Waals surface area contributed by atoms with Gasteiger partial charge in [0, 0.05) is 24.4 Å². The molecule has 2 heterocycles. The zero-order valence-electron chi connectivity index (χ0n) is 18.0. The number of urea groups is 1. The minimum atomic E-state index is -0.859. The van der Waals surface area contributed by atoms with Crippen molar-refractivity contribution in [2.45, 2.75) is 26.3 Å². The summed E-state index contributed by atoms with van der Waals surface area (Å²) in [5, 5.41) is 15.2. The number of nitrogens with zero attached hydrogens (tertiary/aromatic N) is 1. The van der Waals surface area contributed by atoms with Gasteiger partial charge in [0.2, 0.25) is 0 Å². The summed E-state index contributed by atoms with van der Waals surface area (Å²) in [6.45, 7) is 3.48. The molecule has 0 saturated carbocycles. The van der Waals surface area contributed by atoms with Crippen LogP contribution in [0.5, 0.6) is 5.75 Å². The fourth-order valence-corrected chi connectivity index (χ4v) is 3.21. The Morgan fingerprint density at radius 2 is 1.91 bits per heavy atom. The summed E-state index contributed by atoms with van der Waals surface area (Å²) >= 11 is 0. The Morgan fingerprint density at radius 3 is 2.59 bits per heavy atom. The second-order valence-corrected chi connectivity index (χ2v) is 7.18. The maximum atomic E-state index is 12.7. The fraction of sp³-hybridized carbons (Fsp3) is 0.261. The molecule has 1 aromatic carbocycles. The van der Waals surface area contributed by atoms with E-state index in [0.717, 1.165) is 5.56 Å². The van der Waals surface area contributed by atoms with Gasteiger partial charge in [0.25, 0.3) is 5.56 Å². The number of carbonyl (C=O) groups excluding carboxylic acids is 2. The monoisotopic (exact) mass is 439 g/mol. The van der Waals surface area contributed by atoms with Crippen LogP contribution in [0.25, 0.3) is 11.3 Å². The summed E-state index contributed by atoms with van der Waals surface area (Å²) in [5.41, 5.74) is 0.425. The van der Waals surface area contributed by atoms with E-state index in [9.17, 15) is 19.5 Å². The average molecular weight is 439 g/mol. The molecule has 3 N–H and O–H groups in total. The first-order valence-corrected chi connectivity index (χ1v) is 10.1. The van der Waals surface area contributed by atoms with E-state index >= 15 is 0 Å². The maximum Gasteiger partial charge on any atom is 0.320 e. The lowest BCUT2D eigenvalue weighted by Crippen LogP contribution is -2.36. The van der Waals surface area contributed by atoms with Gasteiger partial charge in [-0.15, -0.1) is 0 Å². The number of aromatic nitrogens is 1. The Kier molecular flexibility index (Phi) is 6.99. The van der Waals surface area contributed by atoms with Crippen LogP contribution >= 0.6 is 0 Å². The molecule has 0 radical (unpaired) electrons. The molecular weight excluding hydrogens is 414 g/mol. The molecule has 3 rings (SSSR count). The van der Waals surface area contributed by atoms with Gasteiger partial charge in [-0.3, -0.25) is 9.59 Å². The van der Waals surface area contributed by atoms with Crippen LogP contribution < -0.4 is 16.2 Å². The molecule has 168 valence electrons. The predicted molar refractivity (Wildman–Crippen MR) is 118 cm³/mol. The number of hydrogen-bond donors (Lipinski definition) is 3. The highest BCUT2D eigenvalue weighted by Crippen LogP contribution is 2.28. The molecular formula is C23H25N3O6. The number of nitrogens with one attached hydrogen (secondary N) is 2. The van der Waals surface area contributed by atoms with E-state index in [1.807, 2.05) is 30.3 Å². The summed E-state index contributed by atoms with van der Waals surface area (Å²) in [7, 11) is 1.51. The highest BCUT2D eigenvalue weighted by molar-refractivity contribution is 5.91. The van der Waals surface area contributed by atoms with E-state index in [4.69, 9.17) is 9.15 Å². The zero-order valence-corrected chi connectivity index (χ0v) is 18.0. The van der Waals surface area contributed by atoms with Gasteiger partial charge in [-0.1, -0.05) is 30.3 Å². The molecule has 3 aromatic rings. The van der Waals surface area contributed by atoms with E-state index in [1.165, 1.54) is 17.8 Å². The normalized spacial score (nSPS) is 11.6. The largest absolute Gasteiger partial charge is 0.505 e. The van der Waals surface area contributed by atoms with Gasteiger partial charge in [-0.2, -0.15) is 0 Å². The van der Waals surface area contributed by atoms with E-state index in [0.29, 0.717) is 17.1 Å². The lowest BCUT2D eigenvalue weighted by molar-refractivity contribution is -0.143. The third-order valence-corrected chi connectivity index (χ3v) is 4.78. The van der Waals surface area contributed by atoms with Crippen molar-refractivity contribution in [1.82, 2.24) is 9.88 Å². The van der Waals surface area contributed by atoms with Gasteiger partial charge in [0.05, 0.1) is 19.1 Å². The molecule has 9 heteroatoms. The zero-order chi connectivity index (χ0) is 23.3. The highest BCUT2D eigenvalue weighted by atomic mass is 16.5. The van der Waals surface area contributed by atoms with Crippen molar-refractivity contribution in [3.05, 3.63) is 70.3 Å². The molecule has 2 amide bonds. The first-order valence-electron chi connectivity index (χ1n) is 10.1. The number of furan rings is 1. The minimum absolute atomic E-state index is 0.180. The van der Waals surface area contributed by atoms with Crippen LogP contribution in [-0.2, 0) is 16.6 Å². The van der Waals surface area contributed by atoms with Gasteiger partial charge in [0.15, 0.2) is 5.69 Å². The van der Waals surface area contributed by atoms with E-state index in [-0.39, 0.29) is 24.5 Å². The maximum absolute atomic E-state index is 12.7. The van der Waals surface area contributed by atoms with E-state index in [1.54, 1.807) is 26.0 Å². The standard InChI is InChI=1S/C23H25N3O6/c1-4-31-19(27)12-16(18-11-10-17(32-18)15-8-6-5-7-9-15)24-23(30)25-20-21(28)14(2)13-26(3)22(20)29/h5-11,13,16,28H,4,12H2,1-3H3,(H2,24,25,30). The second kappa shape index (κ2) is 9.86. The number of ether oxygens (including phenoxy) is 1. The summed E-state index contributed by atoms with van der Waals surface area (Å²) in [6, 6.07) is 11.1. The highest BCUT2D eigenvalue weighted by Gasteiger charge is 2.24. The topological polar surface area (TPSA) is 123 Å². The Balaban J connectivity index is 1.84. The quantitative estimate of drug-likeness (QED) is 0.485. The van der Waals surface area contributed by atoms with Crippen molar-refractivity contribution in [2.75, 3.05) is 11.9 Å². The van der Waals surface area contributed by atoms with Gasteiger partial charge < -0.3 is 29.5 Å². The number of pyridine rings is 1. The number of amides is 2. The second-order valence-electron chi connectivity index (χ2n) is 7.18. The number of esters is 1. The molecule has 0 aliphatic carbocycles. The lowest BCUT2D eigenvalue weighted by atomic mass is 10.1. The molecule has 2 aromatic heterocycles. The molecule has 0 bridgehead atoms. The van der Waals surface area contributed by atoms with Crippen LogP contribution in [0.15, 0.2) is 57.9 Å². The van der Waals surface area contributed by atoms with Crippen LogP contribution in [-0.4, -0.2) is 28.3 Å². The summed E-state index contributed by atoms with van der Waals surface area (Å²) in [6.07, 6.45) is 1.28. The van der Waals surface area contributed by atoms with Gasteiger partial charge in [0.1, 0.15) is 17.3 Å². The molecule has 0 fully saturated rings. The third kappa shape index (κ3) is 5.18. The average Bonchev–Trinajstić information content (AvgIpc) is 3.26. The van der Waals surface area contributed by atoms with Crippen LogP contribution in [0.4, 0.5) is 10.5 Å². The van der Waals surface area contributed by atoms with Crippen LogP contribution in [0.1, 0.15) is 30.7 Å². The Morgan fingerprint density at radius 1 is 1.19 bits per heavy atom. The Bertz CT molecular complexity index is 1170. The van der Waals surface area contributed by atoms with E-state index in [2.05, 4.69) is 10.6 Å². The van der Waals surface area contributed by atoms with Crippen LogP contribution in [0, 0.1) is 6.92 Å². The van der Waals surface area contributed by atoms with E-state index < -0.39 is 23.6 Å². The molecule has 32 heavy (non-hydrogen) atoms. The number of anilines is 1. The van der Waals surface area contributed by atoms with Crippen LogP contribution in [0.3, 0.4) is 0 Å². The number of rotatable bonds is 7. The number of hydrogen-bond acceptors (Lipinski definition) is 6.